The Labute approximate surface area is 181 Å². The van der Waals surface area contributed by atoms with Crippen LogP contribution < -0.4 is 5.32 Å². The summed E-state index contributed by atoms with van der Waals surface area (Å²) in [4.78, 5) is 31.4. The number of hydrogen-bond acceptors (Lipinski definition) is 6. The highest BCUT2D eigenvalue weighted by atomic mass is 32.2. The summed E-state index contributed by atoms with van der Waals surface area (Å²) < 4.78 is 1.38. The molecular weight excluding hydrogens is 422 g/mol. The van der Waals surface area contributed by atoms with Crippen LogP contribution >= 0.6 is 35.3 Å². The summed E-state index contributed by atoms with van der Waals surface area (Å²) in [5.41, 5.74) is 4.04. The number of rotatable bonds is 4. The minimum atomic E-state index is -0.325. The van der Waals surface area contributed by atoms with Crippen molar-refractivity contribution in [3.63, 3.8) is 0 Å². The lowest BCUT2D eigenvalue weighted by molar-refractivity contribution is -0.126. The molecule has 0 unspecified atom stereocenters. The van der Waals surface area contributed by atoms with E-state index in [2.05, 4.69) is 10.3 Å². The van der Waals surface area contributed by atoms with Crippen LogP contribution in [0.2, 0.25) is 0 Å². The molecule has 1 N–H and O–H groups in total. The quantitative estimate of drug-likeness (QED) is 0.469. The fourth-order valence-electron chi connectivity index (χ4n) is 2.84. The van der Waals surface area contributed by atoms with Crippen molar-refractivity contribution >= 4 is 72.9 Å². The Morgan fingerprint density at radius 3 is 2.66 bits per heavy atom. The lowest BCUT2D eigenvalue weighted by atomic mass is 10.1. The molecule has 1 aliphatic rings. The number of thioether (sulfide) groups is 1. The molecule has 1 fully saturated rings. The first-order chi connectivity index (χ1) is 13.9. The maximum atomic E-state index is 12.7. The van der Waals surface area contributed by atoms with E-state index in [9.17, 15) is 9.59 Å². The van der Waals surface area contributed by atoms with Crippen LogP contribution in [-0.2, 0) is 9.59 Å². The summed E-state index contributed by atoms with van der Waals surface area (Å²) in [6, 6.07) is 13.8. The van der Waals surface area contributed by atoms with E-state index in [4.69, 9.17) is 12.2 Å². The summed E-state index contributed by atoms with van der Waals surface area (Å²) in [7, 11) is 0. The minimum absolute atomic E-state index is 0.134. The maximum absolute atomic E-state index is 12.7. The Kier molecular flexibility index (Phi) is 5.49. The number of fused-ring (bicyclic) bond motifs is 1. The van der Waals surface area contributed by atoms with Crippen LogP contribution in [0.15, 0.2) is 47.4 Å². The summed E-state index contributed by atoms with van der Waals surface area (Å²) in [5.74, 6) is -0.579. The smallest absolute Gasteiger partial charge is 0.266 e. The van der Waals surface area contributed by atoms with Crippen LogP contribution in [0.4, 0.5) is 5.13 Å². The molecule has 146 valence electrons. The van der Waals surface area contributed by atoms with Gasteiger partial charge in [-0.2, -0.15) is 0 Å². The van der Waals surface area contributed by atoms with Gasteiger partial charge in [0.25, 0.3) is 5.91 Å². The van der Waals surface area contributed by atoms with E-state index < -0.39 is 0 Å². The Morgan fingerprint density at radius 1 is 1.17 bits per heavy atom. The van der Waals surface area contributed by atoms with Crippen molar-refractivity contribution in [2.45, 2.75) is 13.8 Å². The number of carbonyl (C=O) groups excluding carboxylic acids is 2. The van der Waals surface area contributed by atoms with Gasteiger partial charge in [0, 0.05) is 0 Å². The first-order valence-electron chi connectivity index (χ1n) is 8.88. The third kappa shape index (κ3) is 4.39. The molecule has 3 aromatic rings. The molecule has 0 atom stereocenters. The van der Waals surface area contributed by atoms with Gasteiger partial charge in [-0.1, -0.05) is 71.2 Å². The summed E-state index contributed by atoms with van der Waals surface area (Å²) in [6.45, 7) is 3.88. The van der Waals surface area contributed by atoms with Crippen molar-refractivity contribution in [2.75, 3.05) is 11.9 Å². The molecule has 4 rings (SSSR count). The molecule has 0 spiro atoms. The lowest BCUT2D eigenvalue weighted by Crippen LogP contribution is -2.36. The summed E-state index contributed by atoms with van der Waals surface area (Å²) >= 11 is 7.93. The third-order valence-electron chi connectivity index (χ3n) is 4.34. The van der Waals surface area contributed by atoms with E-state index in [1.807, 2.05) is 56.3 Å². The molecule has 8 heteroatoms. The average Bonchev–Trinajstić information content (AvgIpc) is 3.18. The number of benzene rings is 2. The number of anilines is 1. The number of thiazole rings is 1. The molecule has 0 saturated carbocycles. The van der Waals surface area contributed by atoms with Gasteiger partial charge in [-0.3, -0.25) is 14.5 Å². The highest BCUT2D eigenvalue weighted by Gasteiger charge is 2.33. The SMILES string of the molecule is Cc1ccc(/C=C2\SC(=S)N(CC(=O)Nc3nc4ccc(C)cc4s3)C2=O)cc1. The summed E-state index contributed by atoms with van der Waals surface area (Å²) in [5, 5.41) is 3.29. The van der Waals surface area contributed by atoms with Crippen LogP contribution in [0.3, 0.4) is 0 Å². The predicted molar refractivity (Wildman–Crippen MR) is 124 cm³/mol. The Morgan fingerprint density at radius 2 is 1.90 bits per heavy atom. The van der Waals surface area contributed by atoms with Crippen molar-refractivity contribution in [1.29, 1.82) is 0 Å². The fourth-order valence-corrected chi connectivity index (χ4v) is 5.07. The Hall–Kier alpha value is -2.55. The van der Waals surface area contributed by atoms with Gasteiger partial charge in [0.2, 0.25) is 5.91 Å². The second-order valence-electron chi connectivity index (χ2n) is 6.72. The van der Waals surface area contributed by atoms with E-state index in [-0.39, 0.29) is 18.4 Å². The number of amides is 2. The monoisotopic (exact) mass is 439 g/mol. The van der Waals surface area contributed by atoms with Gasteiger partial charge in [0.15, 0.2) is 5.13 Å². The highest BCUT2D eigenvalue weighted by Crippen LogP contribution is 2.32. The second kappa shape index (κ2) is 8.06. The number of carbonyl (C=O) groups is 2. The molecule has 0 radical (unpaired) electrons. The van der Waals surface area contributed by atoms with Gasteiger partial charge >= 0.3 is 0 Å². The zero-order chi connectivity index (χ0) is 20.5. The first kappa shape index (κ1) is 19.8. The van der Waals surface area contributed by atoms with Crippen LogP contribution in [0.1, 0.15) is 16.7 Å². The molecule has 0 aliphatic carbocycles. The zero-order valence-electron chi connectivity index (χ0n) is 15.8. The molecule has 0 bridgehead atoms. The number of aromatic nitrogens is 1. The van der Waals surface area contributed by atoms with Crippen molar-refractivity contribution < 1.29 is 9.59 Å². The van der Waals surface area contributed by atoms with Crippen LogP contribution in [0, 0.1) is 13.8 Å². The predicted octanol–water partition coefficient (Wildman–Crippen LogP) is 4.75. The number of aryl methyl sites for hydroxylation is 2. The Bertz CT molecular complexity index is 1170. The standard InChI is InChI=1S/C21H17N3O2S3/c1-12-3-6-14(7-4-12)10-17-19(26)24(21(27)29-17)11-18(25)23-20-22-15-8-5-13(2)9-16(15)28-20/h3-10H,11H2,1-2H3,(H,22,23,25)/b17-10-. The van der Waals surface area contributed by atoms with E-state index in [0.717, 1.165) is 26.9 Å². The van der Waals surface area contributed by atoms with E-state index in [1.54, 1.807) is 6.08 Å². The number of hydrogen-bond donors (Lipinski definition) is 1. The molecule has 2 amide bonds. The van der Waals surface area contributed by atoms with Crippen LogP contribution in [-0.4, -0.2) is 32.6 Å². The lowest BCUT2D eigenvalue weighted by Gasteiger charge is -2.13. The Balaban J connectivity index is 1.45. The van der Waals surface area contributed by atoms with Gasteiger partial charge in [0.05, 0.1) is 15.1 Å². The average molecular weight is 440 g/mol. The number of nitrogens with one attached hydrogen (secondary N) is 1. The van der Waals surface area contributed by atoms with E-state index in [0.29, 0.717) is 14.4 Å². The maximum Gasteiger partial charge on any atom is 0.266 e. The van der Waals surface area contributed by atoms with Crippen molar-refractivity contribution in [1.82, 2.24) is 9.88 Å². The van der Waals surface area contributed by atoms with Crippen molar-refractivity contribution in [3.05, 3.63) is 64.1 Å². The molecular formula is C21H17N3O2S3. The summed E-state index contributed by atoms with van der Waals surface area (Å²) in [6.07, 6.45) is 1.80. The van der Waals surface area contributed by atoms with E-state index in [1.165, 1.54) is 28.0 Å². The molecule has 2 heterocycles. The molecule has 1 saturated heterocycles. The second-order valence-corrected chi connectivity index (χ2v) is 9.42. The van der Waals surface area contributed by atoms with Crippen LogP contribution in [0.5, 0.6) is 0 Å². The van der Waals surface area contributed by atoms with Gasteiger partial charge in [-0.15, -0.1) is 0 Å². The van der Waals surface area contributed by atoms with Crippen molar-refractivity contribution in [3.8, 4) is 0 Å². The fraction of sp³-hybridized carbons (Fsp3) is 0.143. The third-order valence-corrected chi connectivity index (χ3v) is 6.65. The van der Waals surface area contributed by atoms with Gasteiger partial charge in [0.1, 0.15) is 10.9 Å². The zero-order valence-corrected chi connectivity index (χ0v) is 18.2. The van der Waals surface area contributed by atoms with Crippen molar-refractivity contribution in [2.24, 2.45) is 0 Å². The molecule has 29 heavy (non-hydrogen) atoms. The number of nitrogens with zero attached hydrogens (tertiary/aromatic N) is 2. The molecule has 2 aromatic carbocycles. The van der Waals surface area contributed by atoms with Crippen LogP contribution in [0.25, 0.3) is 16.3 Å². The minimum Gasteiger partial charge on any atom is -0.300 e. The molecule has 1 aliphatic heterocycles. The van der Waals surface area contributed by atoms with Gasteiger partial charge in [-0.25, -0.2) is 4.98 Å². The van der Waals surface area contributed by atoms with E-state index >= 15 is 0 Å². The van der Waals surface area contributed by atoms with Gasteiger partial charge in [-0.05, 0) is 43.2 Å². The topological polar surface area (TPSA) is 62.3 Å². The largest absolute Gasteiger partial charge is 0.300 e. The number of thiocarbonyl (C=S) groups is 1. The molecule has 5 nitrogen and oxygen atoms in total. The molecule has 1 aromatic heterocycles. The highest BCUT2D eigenvalue weighted by molar-refractivity contribution is 8.26. The first-order valence-corrected chi connectivity index (χ1v) is 10.9. The van der Waals surface area contributed by atoms with Gasteiger partial charge < -0.3 is 5.32 Å². The normalized spacial score (nSPS) is 15.5.